The molecule has 3 rings (SSSR count). The normalized spacial score (nSPS) is 20.8. The Labute approximate surface area is 109 Å². The van der Waals surface area contributed by atoms with Gasteiger partial charge in [-0.25, -0.2) is 0 Å². The Kier molecular flexibility index (Phi) is 2.76. The first-order valence-electron chi connectivity index (χ1n) is 5.59. The fourth-order valence-electron chi connectivity index (χ4n) is 2.25. The van der Waals surface area contributed by atoms with Crippen LogP contribution in [0.4, 0.5) is 0 Å². The number of carbonyl (C=O) groups is 1. The van der Waals surface area contributed by atoms with Gasteiger partial charge in [-0.2, -0.15) is 0 Å². The number of thioether (sulfide) groups is 1. The van der Waals surface area contributed by atoms with Crippen LogP contribution in [0.25, 0.3) is 6.08 Å². The summed E-state index contributed by atoms with van der Waals surface area (Å²) in [5.41, 5.74) is 3.96. The molecule has 0 radical (unpaired) electrons. The van der Waals surface area contributed by atoms with Crippen LogP contribution in [0, 0.1) is 0 Å². The second kappa shape index (κ2) is 4.27. The van der Waals surface area contributed by atoms with Crippen molar-refractivity contribution < 1.29 is 4.79 Å². The van der Waals surface area contributed by atoms with Crippen LogP contribution in [-0.4, -0.2) is 10.2 Å². The molecule has 0 unspecified atom stereocenters. The van der Waals surface area contributed by atoms with Crippen LogP contribution in [0.2, 0.25) is 0 Å². The third-order valence-corrected chi connectivity index (χ3v) is 4.23. The Morgan fingerprint density at radius 3 is 2.88 bits per heavy atom. The molecule has 0 saturated carbocycles. The van der Waals surface area contributed by atoms with Gasteiger partial charge in [-0.1, -0.05) is 42.2 Å². The molecule has 1 aromatic rings. The average molecular weight is 261 g/mol. The summed E-state index contributed by atoms with van der Waals surface area (Å²) in [6.07, 6.45) is 5.50. The van der Waals surface area contributed by atoms with Crippen molar-refractivity contribution in [3.05, 3.63) is 39.8 Å². The van der Waals surface area contributed by atoms with Gasteiger partial charge in [0.2, 0.25) is 0 Å². The Hall–Kier alpha value is -1.13. The van der Waals surface area contributed by atoms with Crippen molar-refractivity contribution in [2.24, 2.45) is 0 Å². The number of hydrogen-bond donors (Lipinski definition) is 1. The van der Waals surface area contributed by atoms with E-state index in [1.807, 2.05) is 6.08 Å². The maximum atomic E-state index is 11.5. The summed E-state index contributed by atoms with van der Waals surface area (Å²) in [5.74, 6) is -0.0829. The van der Waals surface area contributed by atoms with Gasteiger partial charge in [-0.15, -0.1) is 0 Å². The third-order valence-electron chi connectivity index (χ3n) is 3.06. The number of hydrogen-bond acceptors (Lipinski definition) is 3. The second-order valence-electron chi connectivity index (χ2n) is 4.23. The van der Waals surface area contributed by atoms with Gasteiger partial charge in [0.05, 0.1) is 4.91 Å². The first-order valence-corrected chi connectivity index (χ1v) is 6.81. The zero-order valence-electron chi connectivity index (χ0n) is 9.16. The Morgan fingerprint density at radius 1 is 1.29 bits per heavy atom. The third kappa shape index (κ3) is 2.15. The Balaban J connectivity index is 1.93. The van der Waals surface area contributed by atoms with Gasteiger partial charge in [-0.05, 0) is 42.0 Å². The number of nitrogens with one attached hydrogen (secondary N) is 1. The summed E-state index contributed by atoms with van der Waals surface area (Å²) in [6, 6.07) is 6.43. The minimum Gasteiger partial charge on any atom is -0.307 e. The molecule has 4 heteroatoms. The average Bonchev–Trinajstić information content (AvgIpc) is 2.85. The number of benzene rings is 1. The van der Waals surface area contributed by atoms with Crippen LogP contribution >= 0.6 is 24.0 Å². The van der Waals surface area contributed by atoms with Crippen molar-refractivity contribution in [2.75, 3.05) is 0 Å². The number of fused-ring (bicyclic) bond motifs is 1. The predicted octanol–water partition coefficient (Wildman–Crippen LogP) is 2.66. The van der Waals surface area contributed by atoms with Gasteiger partial charge in [-0.3, -0.25) is 4.79 Å². The molecule has 0 atom stereocenters. The lowest BCUT2D eigenvalue weighted by atomic mass is 10.1. The van der Waals surface area contributed by atoms with E-state index in [1.165, 1.54) is 35.7 Å². The van der Waals surface area contributed by atoms with Crippen molar-refractivity contribution in [3.63, 3.8) is 0 Å². The molecule has 0 bridgehead atoms. The minimum atomic E-state index is -0.0829. The van der Waals surface area contributed by atoms with Crippen molar-refractivity contribution in [2.45, 2.75) is 19.3 Å². The smallest absolute Gasteiger partial charge is 0.263 e. The Morgan fingerprint density at radius 2 is 2.12 bits per heavy atom. The topological polar surface area (TPSA) is 29.1 Å². The fraction of sp³-hybridized carbons (Fsp3) is 0.231. The van der Waals surface area contributed by atoms with E-state index in [4.69, 9.17) is 12.2 Å². The summed E-state index contributed by atoms with van der Waals surface area (Å²) in [5, 5.41) is 2.63. The molecule has 86 valence electrons. The number of rotatable bonds is 1. The molecule has 1 fully saturated rings. The summed E-state index contributed by atoms with van der Waals surface area (Å²) in [6.45, 7) is 0. The van der Waals surface area contributed by atoms with Gasteiger partial charge in [0, 0.05) is 0 Å². The van der Waals surface area contributed by atoms with E-state index < -0.39 is 0 Å². The largest absolute Gasteiger partial charge is 0.307 e. The SMILES string of the molecule is O=C1NC(=S)S/C1=C/c1ccc2c(c1)CCC2. The molecule has 0 aromatic heterocycles. The summed E-state index contributed by atoms with van der Waals surface area (Å²) < 4.78 is 0.544. The van der Waals surface area contributed by atoms with Crippen LogP contribution in [0.5, 0.6) is 0 Å². The summed E-state index contributed by atoms with van der Waals surface area (Å²) >= 11 is 6.29. The van der Waals surface area contributed by atoms with Crippen LogP contribution in [0.3, 0.4) is 0 Å². The quantitative estimate of drug-likeness (QED) is 0.622. The molecular weight excluding hydrogens is 250 g/mol. The number of aryl methyl sites for hydroxylation is 2. The lowest BCUT2D eigenvalue weighted by Crippen LogP contribution is -2.17. The van der Waals surface area contributed by atoms with Gasteiger partial charge in [0.25, 0.3) is 5.91 Å². The second-order valence-corrected chi connectivity index (χ2v) is 5.95. The lowest BCUT2D eigenvalue weighted by Gasteiger charge is -2.01. The van der Waals surface area contributed by atoms with Gasteiger partial charge in [0.1, 0.15) is 4.32 Å². The molecule has 1 heterocycles. The molecule has 1 saturated heterocycles. The van der Waals surface area contributed by atoms with E-state index in [0.29, 0.717) is 9.23 Å². The van der Waals surface area contributed by atoms with E-state index in [0.717, 1.165) is 12.0 Å². The predicted molar refractivity (Wildman–Crippen MR) is 74.8 cm³/mol. The number of amides is 1. The maximum absolute atomic E-state index is 11.5. The highest BCUT2D eigenvalue weighted by atomic mass is 32.2. The standard InChI is InChI=1S/C13H11NOS2/c15-12-11(17-13(16)14-12)7-8-4-5-9-2-1-3-10(9)6-8/h4-7H,1-3H2,(H,14,15,16)/b11-7+. The van der Waals surface area contributed by atoms with Crippen LogP contribution < -0.4 is 5.32 Å². The van der Waals surface area contributed by atoms with Gasteiger partial charge < -0.3 is 5.32 Å². The minimum absolute atomic E-state index is 0.0829. The molecule has 1 N–H and O–H groups in total. The Bertz CT molecular complexity index is 548. The molecule has 1 amide bonds. The van der Waals surface area contributed by atoms with Crippen LogP contribution in [-0.2, 0) is 17.6 Å². The van der Waals surface area contributed by atoms with Crippen LogP contribution in [0.15, 0.2) is 23.1 Å². The van der Waals surface area contributed by atoms with E-state index in [2.05, 4.69) is 23.5 Å². The van der Waals surface area contributed by atoms with Crippen molar-refractivity contribution >= 4 is 40.3 Å². The van der Waals surface area contributed by atoms with Gasteiger partial charge in [0.15, 0.2) is 0 Å². The van der Waals surface area contributed by atoms with Crippen molar-refractivity contribution in [1.82, 2.24) is 5.32 Å². The fourth-order valence-corrected chi connectivity index (χ4v) is 3.30. The molecule has 17 heavy (non-hydrogen) atoms. The molecule has 2 aliphatic rings. The van der Waals surface area contributed by atoms with Gasteiger partial charge >= 0.3 is 0 Å². The van der Waals surface area contributed by atoms with E-state index >= 15 is 0 Å². The summed E-state index contributed by atoms with van der Waals surface area (Å²) in [7, 11) is 0. The lowest BCUT2D eigenvalue weighted by molar-refractivity contribution is -0.115. The highest BCUT2D eigenvalue weighted by Crippen LogP contribution is 2.28. The van der Waals surface area contributed by atoms with E-state index in [-0.39, 0.29) is 5.91 Å². The molecule has 1 aliphatic carbocycles. The molecule has 0 spiro atoms. The van der Waals surface area contributed by atoms with E-state index in [9.17, 15) is 4.79 Å². The number of thiocarbonyl (C=S) groups is 1. The molecule has 1 aliphatic heterocycles. The molecule has 1 aromatic carbocycles. The van der Waals surface area contributed by atoms with Crippen LogP contribution in [0.1, 0.15) is 23.1 Å². The summed E-state index contributed by atoms with van der Waals surface area (Å²) in [4.78, 5) is 12.2. The monoisotopic (exact) mass is 261 g/mol. The molecule has 2 nitrogen and oxygen atoms in total. The zero-order chi connectivity index (χ0) is 11.8. The zero-order valence-corrected chi connectivity index (χ0v) is 10.8. The molecular formula is C13H11NOS2. The first-order chi connectivity index (χ1) is 8.22. The number of carbonyl (C=O) groups excluding carboxylic acids is 1. The maximum Gasteiger partial charge on any atom is 0.263 e. The van der Waals surface area contributed by atoms with Crippen molar-refractivity contribution in [3.8, 4) is 0 Å². The highest BCUT2D eigenvalue weighted by molar-refractivity contribution is 8.26. The first kappa shape index (κ1) is 11.0. The highest BCUT2D eigenvalue weighted by Gasteiger charge is 2.22. The van der Waals surface area contributed by atoms with E-state index in [1.54, 1.807) is 0 Å². The van der Waals surface area contributed by atoms with Crippen molar-refractivity contribution in [1.29, 1.82) is 0 Å².